The van der Waals surface area contributed by atoms with Crippen LogP contribution >= 0.6 is 11.8 Å². The fraction of sp³-hybridized carbons (Fsp3) is 0.846. The molecule has 0 aromatic carbocycles. The molecule has 0 spiro atoms. The molecule has 0 aromatic rings. The standard InChI is InChI=1S/C13H21N3O2S/c17-12(5-10-8-19-4-3-14-10)15-9-6-13(18)16(7-9)11-1-2-11/h9-11,14H,1-8H2,(H,15,17). The molecule has 0 aromatic heterocycles. The third-order valence-corrected chi connectivity index (χ3v) is 5.07. The number of thioether (sulfide) groups is 1. The number of amides is 2. The summed E-state index contributed by atoms with van der Waals surface area (Å²) in [6, 6.07) is 0.776. The minimum Gasteiger partial charge on any atom is -0.351 e. The number of carbonyl (C=O) groups is 2. The van der Waals surface area contributed by atoms with E-state index in [0.29, 0.717) is 25.4 Å². The largest absolute Gasteiger partial charge is 0.351 e. The molecule has 2 atom stereocenters. The molecule has 2 N–H and O–H groups in total. The van der Waals surface area contributed by atoms with Crippen molar-refractivity contribution in [3.8, 4) is 0 Å². The van der Waals surface area contributed by atoms with Gasteiger partial charge in [-0.05, 0) is 12.8 Å². The Labute approximate surface area is 117 Å². The van der Waals surface area contributed by atoms with Gasteiger partial charge in [-0.1, -0.05) is 0 Å². The van der Waals surface area contributed by atoms with E-state index >= 15 is 0 Å². The summed E-state index contributed by atoms with van der Waals surface area (Å²) in [5.74, 6) is 2.42. The molecule has 0 radical (unpaired) electrons. The maximum absolute atomic E-state index is 12.0. The lowest BCUT2D eigenvalue weighted by Gasteiger charge is -2.23. The molecule has 106 valence electrons. The summed E-state index contributed by atoms with van der Waals surface area (Å²) < 4.78 is 0. The van der Waals surface area contributed by atoms with E-state index in [1.54, 1.807) is 0 Å². The van der Waals surface area contributed by atoms with Gasteiger partial charge in [-0.15, -0.1) is 0 Å². The van der Waals surface area contributed by atoms with Gasteiger partial charge in [0.25, 0.3) is 0 Å². The van der Waals surface area contributed by atoms with Gasteiger partial charge in [0.15, 0.2) is 0 Å². The molecule has 0 bridgehead atoms. The summed E-state index contributed by atoms with van der Waals surface area (Å²) in [5, 5.41) is 6.38. The van der Waals surface area contributed by atoms with E-state index in [4.69, 9.17) is 0 Å². The Morgan fingerprint density at radius 3 is 3.00 bits per heavy atom. The van der Waals surface area contributed by atoms with E-state index in [2.05, 4.69) is 10.6 Å². The summed E-state index contributed by atoms with van der Waals surface area (Å²) in [6.45, 7) is 1.70. The number of nitrogens with one attached hydrogen (secondary N) is 2. The van der Waals surface area contributed by atoms with Gasteiger partial charge < -0.3 is 15.5 Å². The van der Waals surface area contributed by atoms with Crippen molar-refractivity contribution in [3.05, 3.63) is 0 Å². The Bertz CT molecular complexity index is 367. The predicted molar refractivity (Wildman–Crippen MR) is 75.0 cm³/mol. The topological polar surface area (TPSA) is 61.4 Å². The maximum Gasteiger partial charge on any atom is 0.225 e. The summed E-state index contributed by atoms with van der Waals surface area (Å²) in [5.41, 5.74) is 0. The Hall–Kier alpha value is -0.750. The van der Waals surface area contributed by atoms with Gasteiger partial charge in [-0.25, -0.2) is 0 Å². The zero-order valence-electron chi connectivity index (χ0n) is 11.1. The van der Waals surface area contributed by atoms with E-state index in [0.717, 1.165) is 30.9 Å². The first kappa shape index (κ1) is 13.2. The highest BCUT2D eigenvalue weighted by Crippen LogP contribution is 2.30. The smallest absolute Gasteiger partial charge is 0.225 e. The first-order chi connectivity index (χ1) is 9.22. The van der Waals surface area contributed by atoms with Crippen molar-refractivity contribution in [1.29, 1.82) is 0 Å². The second-order valence-corrected chi connectivity index (χ2v) is 6.83. The van der Waals surface area contributed by atoms with Crippen molar-refractivity contribution in [1.82, 2.24) is 15.5 Å². The Balaban J connectivity index is 1.43. The van der Waals surface area contributed by atoms with Crippen LogP contribution in [0.25, 0.3) is 0 Å². The number of rotatable bonds is 4. The van der Waals surface area contributed by atoms with Gasteiger partial charge in [0, 0.05) is 49.5 Å². The van der Waals surface area contributed by atoms with Crippen molar-refractivity contribution >= 4 is 23.6 Å². The van der Waals surface area contributed by atoms with Crippen molar-refractivity contribution in [3.63, 3.8) is 0 Å². The second kappa shape index (κ2) is 5.71. The van der Waals surface area contributed by atoms with Crippen LogP contribution in [0.2, 0.25) is 0 Å². The van der Waals surface area contributed by atoms with E-state index in [1.165, 1.54) is 0 Å². The number of carbonyl (C=O) groups excluding carboxylic acids is 2. The maximum atomic E-state index is 12.0. The van der Waals surface area contributed by atoms with Crippen molar-refractivity contribution in [2.75, 3.05) is 24.6 Å². The van der Waals surface area contributed by atoms with Crippen LogP contribution in [0.1, 0.15) is 25.7 Å². The molecule has 5 nitrogen and oxygen atoms in total. The summed E-state index contributed by atoms with van der Waals surface area (Å²) in [7, 11) is 0. The molecule has 3 fully saturated rings. The van der Waals surface area contributed by atoms with Crippen molar-refractivity contribution < 1.29 is 9.59 Å². The number of likely N-dealkylation sites (tertiary alicyclic amines) is 1. The highest BCUT2D eigenvalue weighted by molar-refractivity contribution is 7.99. The molecule has 1 aliphatic carbocycles. The lowest BCUT2D eigenvalue weighted by molar-refractivity contribution is -0.128. The van der Waals surface area contributed by atoms with E-state index < -0.39 is 0 Å². The lowest BCUT2D eigenvalue weighted by Crippen LogP contribution is -2.44. The van der Waals surface area contributed by atoms with Gasteiger partial charge in [0.05, 0.1) is 6.04 Å². The Kier molecular flexibility index (Phi) is 3.98. The van der Waals surface area contributed by atoms with Crippen LogP contribution in [-0.2, 0) is 9.59 Å². The molecule has 2 amide bonds. The average molecular weight is 283 g/mol. The SMILES string of the molecule is O=C(CC1CSCCN1)NC1CC(=O)N(C2CC2)C1. The number of nitrogens with zero attached hydrogens (tertiary/aromatic N) is 1. The molecule has 3 rings (SSSR count). The molecule has 19 heavy (non-hydrogen) atoms. The fourth-order valence-electron chi connectivity index (χ4n) is 2.83. The zero-order valence-corrected chi connectivity index (χ0v) is 11.9. The van der Waals surface area contributed by atoms with Crippen LogP contribution in [0.15, 0.2) is 0 Å². The van der Waals surface area contributed by atoms with Crippen LogP contribution in [0.4, 0.5) is 0 Å². The third-order valence-electron chi connectivity index (χ3n) is 3.94. The molecule has 3 aliphatic rings. The third kappa shape index (κ3) is 3.42. The van der Waals surface area contributed by atoms with Crippen LogP contribution < -0.4 is 10.6 Å². The minimum atomic E-state index is 0.0249. The van der Waals surface area contributed by atoms with Gasteiger partial charge in [-0.2, -0.15) is 11.8 Å². The molecule has 2 unspecified atom stereocenters. The van der Waals surface area contributed by atoms with Crippen LogP contribution in [0, 0.1) is 0 Å². The zero-order chi connectivity index (χ0) is 13.2. The molecule has 2 saturated heterocycles. The molecular formula is C13H21N3O2S. The van der Waals surface area contributed by atoms with Crippen LogP contribution in [0.3, 0.4) is 0 Å². The monoisotopic (exact) mass is 283 g/mol. The predicted octanol–water partition coefficient (Wildman–Crippen LogP) is -0.0390. The highest BCUT2D eigenvalue weighted by Gasteiger charge is 2.39. The van der Waals surface area contributed by atoms with Crippen molar-refractivity contribution in [2.45, 2.75) is 43.8 Å². The first-order valence-electron chi connectivity index (χ1n) is 7.12. The van der Waals surface area contributed by atoms with Gasteiger partial charge in [-0.3, -0.25) is 9.59 Å². The first-order valence-corrected chi connectivity index (χ1v) is 8.28. The summed E-state index contributed by atoms with van der Waals surface area (Å²) in [4.78, 5) is 25.7. The highest BCUT2D eigenvalue weighted by atomic mass is 32.2. The Morgan fingerprint density at radius 2 is 2.32 bits per heavy atom. The van der Waals surface area contributed by atoms with Crippen LogP contribution in [-0.4, -0.2) is 59.4 Å². The quantitative estimate of drug-likeness (QED) is 0.760. The summed E-state index contributed by atoms with van der Waals surface area (Å²) in [6.07, 6.45) is 3.28. The fourth-order valence-corrected chi connectivity index (χ4v) is 3.78. The number of hydrogen-bond acceptors (Lipinski definition) is 4. The molecule has 6 heteroatoms. The molecular weight excluding hydrogens is 262 g/mol. The normalized spacial score (nSPS) is 31.6. The molecule has 2 aliphatic heterocycles. The minimum absolute atomic E-state index is 0.0249. The van der Waals surface area contributed by atoms with Gasteiger partial charge in [0.1, 0.15) is 0 Å². The summed E-state index contributed by atoms with van der Waals surface area (Å²) >= 11 is 1.90. The van der Waals surface area contributed by atoms with E-state index in [9.17, 15) is 9.59 Å². The van der Waals surface area contributed by atoms with Crippen LogP contribution in [0.5, 0.6) is 0 Å². The molecule has 1 saturated carbocycles. The second-order valence-electron chi connectivity index (χ2n) is 5.68. The van der Waals surface area contributed by atoms with E-state index in [1.807, 2.05) is 16.7 Å². The van der Waals surface area contributed by atoms with Gasteiger partial charge in [0.2, 0.25) is 11.8 Å². The molecule has 2 heterocycles. The van der Waals surface area contributed by atoms with Gasteiger partial charge >= 0.3 is 0 Å². The lowest BCUT2D eigenvalue weighted by atomic mass is 10.2. The number of hydrogen-bond donors (Lipinski definition) is 2. The van der Waals surface area contributed by atoms with E-state index in [-0.39, 0.29) is 23.9 Å². The average Bonchev–Trinajstić information content (AvgIpc) is 3.15. The Morgan fingerprint density at radius 1 is 1.47 bits per heavy atom. The van der Waals surface area contributed by atoms with Crippen molar-refractivity contribution in [2.24, 2.45) is 0 Å².